The summed E-state index contributed by atoms with van der Waals surface area (Å²) >= 11 is 0. The molecular weight excluding hydrogens is 396 g/mol. The summed E-state index contributed by atoms with van der Waals surface area (Å²) in [5, 5.41) is 1.22. The Kier molecular flexibility index (Phi) is 3.34. The van der Waals surface area contributed by atoms with E-state index in [0.29, 0.717) is 0 Å². The lowest BCUT2D eigenvalue weighted by Crippen LogP contribution is -2.69. The van der Waals surface area contributed by atoms with Crippen LogP contribution in [0.25, 0.3) is 10.9 Å². The molecule has 4 aliphatic rings. The van der Waals surface area contributed by atoms with Crippen LogP contribution >= 0.6 is 0 Å². The number of carbonyl (C=O) groups is 1. The zero-order valence-corrected chi connectivity index (χ0v) is 19.2. The molecule has 1 aromatic heterocycles. The van der Waals surface area contributed by atoms with Gasteiger partial charge in [0.25, 0.3) is 0 Å². The molecule has 2 aliphatic carbocycles. The molecule has 4 heteroatoms. The van der Waals surface area contributed by atoms with Gasteiger partial charge in [0.1, 0.15) is 5.75 Å². The zero-order valence-electron chi connectivity index (χ0n) is 19.2. The number of hydrogen-bond donors (Lipinski definition) is 0. The van der Waals surface area contributed by atoms with Crippen molar-refractivity contribution >= 4 is 16.8 Å². The monoisotopic (exact) mass is 424 g/mol. The Balaban J connectivity index is 1.59. The Hall–Kier alpha value is -2.88. The van der Waals surface area contributed by atoms with E-state index in [2.05, 4.69) is 62.1 Å². The summed E-state index contributed by atoms with van der Waals surface area (Å²) in [6.07, 6.45) is 2.69. The zero-order chi connectivity index (χ0) is 22.0. The molecule has 0 N–H and O–H groups in total. The van der Waals surface area contributed by atoms with E-state index in [1.807, 2.05) is 0 Å². The Morgan fingerprint density at radius 2 is 2.00 bits per heavy atom. The van der Waals surface area contributed by atoms with Crippen molar-refractivity contribution in [3.8, 4) is 5.75 Å². The first-order valence-corrected chi connectivity index (χ1v) is 11.8. The van der Waals surface area contributed by atoms with Crippen molar-refractivity contribution in [1.82, 2.24) is 9.88 Å². The maximum atomic E-state index is 12.7. The predicted molar refractivity (Wildman–Crippen MR) is 124 cm³/mol. The molecule has 3 heterocycles. The lowest BCUT2D eigenvalue weighted by Gasteiger charge is -2.64. The quantitative estimate of drug-likeness (QED) is 0.512. The van der Waals surface area contributed by atoms with Crippen molar-refractivity contribution in [1.29, 1.82) is 0 Å². The SMILES string of the molecule is CC(=O)N1CC[C@]23c4c5ccc(C)c4O[C@H]2c2nc4ccccc4c(C)c2C[C@@]3(C)[C@H]1C5. The van der Waals surface area contributed by atoms with E-state index in [1.165, 1.54) is 33.2 Å². The Labute approximate surface area is 188 Å². The van der Waals surface area contributed by atoms with Gasteiger partial charge >= 0.3 is 0 Å². The van der Waals surface area contributed by atoms with Gasteiger partial charge in [-0.2, -0.15) is 0 Å². The van der Waals surface area contributed by atoms with E-state index in [-0.39, 0.29) is 28.9 Å². The summed E-state index contributed by atoms with van der Waals surface area (Å²) in [7, 11) is 0. The van der Waals surface area contributed by atoms with E-state index in [1.54, 1.807) is 6.92 Å². The Morgan fingerprint density at radius 3 is 2.81 bits per heavy atom. The summed E-state index contributed by atoms with van der Waals surface area (Å²) in [4.78, 5) is 20.1. The lowest BCUT2D eigenvalue weighted by atomic mass is 9.44. The van der Waals surface area contributed by atoms with E-state index < -0.39 is 0 Å². The van der Waals surface area contributed by atoms with Crippen molar-refractivity contribution in [3.05, 3.63) is 69.9 Å². The number of ether oxygens (including phenoxy) is 1. The largest absolute Gasteiger partial charge is 0.483 e. The van der Waals surface area contributed by atoms with Crippen molar-refractivity contribution in [2.24, 2.45) is 5.41 Å². The molecule has 0 unspecified atom stereocenters. The molecule has 0 saturated carbocycles. The first kappa shape index (κ1) is 18.7. The molecule has 4 nitrogen and oxygen atoms in total. The van der Waals surface area contributed by atoms with Crippen molar-refractivity contribution in [2.75, 3.05) is 6.54 Å². The molecule has 162 valence electrons. The minimum atomic E-state index is -0.131. The van der Waals surface area contributed by atoms with E-state index in [4.69, 9.17) is 9.72 Å². The molecule has 2 bridgehead atoms. The first-order valence-electron chi connectivity index (χ1n) is 11.8. The van der Waals surface area contributed by atoms with E-state index in [9.17, 15) is 4.79 Å². The lowest BCUT2D eigenvalue weighted by molar-refractivity contribution is -0.149. The molecule has 3 aromatic rings. The van der Waals surface area contributed by atoms with Crippen LogP contribution < -0.4 is 4.74 Å². The van der Waals surface area contributed by atoms with Gasteiger partial charge in [-0.3, -0.25) is 4.79 Å². The number of amides is 1. The molecule has 4 atom stereocenters. The standard InChI is InChI=1S/C28H28N2O2/c1-15-9-10-18-13-22-27(4)14-20-16(2)19-7-5-6-8-21(19)29-24(20)26-28(27,23(18)25(15)32-26)11-12-30(22)17(3)31/h5-10,22,26H,11-14H2,1-4H3/t22-,26+,27+,28+/m1/s1. The molecule has 1 amide bonds. The van der Waals surface area contributed by atoms with Crippen LogP contribution in [0, 0.1) is 19.3 Å². The average Bonchev–Trinajstić information content (AvgIpc) is 3.12. The van der Waals surface area contributed by atoms with Crippen LogP contribution in [0.15, 0.2) is 36.4 Å². The van der Waals surface area contributed by atoms with Gasteiger partial charge in [0.2, 0.25) is 5.91 Å². The van der Waals surface area contributed by atoms with Crippen LogP contribution in [0.1, 0.15) is 59.9 Å². The number of para-hydroxylation sites is 1. The van der Waals surface area contributed by atoms with Crippen LogP contribution in [-0.2, 0) is 23.1 Å². The highest BCUT2D eigenvalue weighted by Gasteiger charge is 2.71. The van der Waals surface area contributed by atoms with Gasteiger partial charge in [0.05, 0.1) is 16.6 Å². The Morgan fingerprint density at radius 1 is 1.19 bits per heavy atom. The second-order valence-corrected chi connectivity index (χ2v) is 10.6. The predicted octanol–water partition coefficient (Wildman–Crippen LogP) is 4.96. The number of rotatable bonds is 0. The summed E-state index contributed by atoms with van der Waals surface area (Å²) in [6, 6.07) is 13.1. The maximum Gasteiger partial charge on any atom is 0.219 e. The number of fused-ring (bicyclic) bond motifs is 3. The maximum absolute atomic E-state index is 12.7. The third kappa shape index (κ3) is 1.88. The number of aryl methyl sites for hydroxylation is 2. The fraction of sp³-hybridized carbons (Fsp3) is 0.429. The topological polar surface area (TPSA) is 42.4 Å². The van der Waals surface area contributed by atoms with Crippen molar-refractivity contribution in [2.45, 2.75) is 64.5 Å². The number of nitrogens with zero attached hydrogens (tertiary/aromatic N) is 2. The summed E-state index contributed by atoms with van der Waals surface area (Å²) < 4.78 is 6.93. The number of piperidine rings is 1. The van der Waals surface area contributed by atoms with Gasteiger partial charge in [0, 0.05) is 35.9 Å². The molecule has 0 radical (unpaired) electrons. The van der Waals surface area contributed by atoms with Gasteiger partial charge in [0.15, 0.2) is 6.10 Å². The van der Waals surface area contributed by atoms with Gasteiger partial charge in [-0.15, -0.1) is 0 Å². The van der Waals surface area contributed by atoms with Gasteiger partial charge in [-0.1, -0.05) is 37.3 Å². The third-order valence-corrected chi connectivity index (χ3v) is 9.37. The van der Waals surface area contributed by atoms with Crippen molar-refractivity contribution in [3.63, 3.8) is 0 Å². The fourth-order valence-electron chi connectivity index (χ4n) is 7.84. The molecule has 2 aromatic carbocycles. The van der Waals surface area contributed by atoms with E-state index in [0.717, 1.165) is 42.8 Å². The second-order valence-electron chi connectivity index (χ2n) is 10.6. The highest BCUT2D eigenvalue weighted by Crippen LogP contribution is 2.71. The summed E-state index contributed by atoms with van der Waals surface area (Å²) in [6.45, 7) is 9.37. The highest BCUT2D eigenvalue weighted by molar-refractivity contribution is 5.84. The van der Waals surface area contributed by atoms with Crippen LogP contribution in [0.5, 0.6) is 5.75 Å². The minimum Gasteiger partial charge on any atom is -0.483 e. The Bertz CT molecular complexity index is 1360. The van der Waals surface area contributed by atoms with E-state index >= 15 is 0 Å². The third-order valence-electron chi connectivity index (χ3n) is 9.37. The number of aromatic nitrogens is 1. The molecule has 32 heavy (non-hydrogen) atoms. The van der Waals surface area contributed by atoms with Gasteiger partial charge in [-0.25, -0.2) is 4.98 Å². The van der Waals surface area contributed by atoms with Crippen molar-refractivity contribution < 1.29 is 9.53 Å². The van der Waals surface area contributed by atoms with Gasteiger partial charge in [-0.05, 0) is 61.4 Å². The molecule has 2 aliphatic heterocycles. The smallest absolute Gasteiger partial charge is 0.219 e. The van der Waals surface area contributed by atoms with Crippen LogP contribution in [0.2, 0.25) is 0 Å². The second kappa shape index (κ2) is 5.72. The molecule has 7 rings (SSSR count). The van der Waals surface area contributed by atoms with Crippen LogP contribution in [0.3, 0.4) is 0 Å². The first-order chi connectivity index (χ1) is 15.4. The number of pyridine rings is 1. The number of carbonyl (C=O) groups excluding carboxylic acids is 1. The number of hydrogen-bond acceptors (Lipinski definition) is 3. The average molecular weight is 425 g/mol. The summed E-state index contributed by atoms with van der Waals surface area (Å²) in [5.74, 6) is 1.27. The van der Waals surface area contributed by atoms with Crippen LogP contribution in [0.4, 0.5) is 0 Å². The minimum absolute atomic E-state index is 0.0878. The normalized spacial score (nSPS) is 31.2. The summed E-state index contributed by atoms with van der Waals surface area (Å²) in [5.41, 5.74) is 8.59. The number of likely N-dealkylation sites (tertiary alicyclic amines) is 1. The van der Waals surface area contributed by atoms with Gasteiger partial charge < -0.3 is 9.64 Å². The highest BCUT2D eigenvalue weighted by atomic mass is 16.5. The van der Waals surface area contributed by atoms with Crippen LogP contribution in [-0.4, -0.2) is 28.4 Å². The molecule has 1 saturated heterocycles. The number of benzene rings is 2. The molecular formula is C28H28N2O2. The fourth-order valence-corrected chi connectivity index (χ4v) is 7.84. The molecule has 1 spiro atoms. The molecule has 1 fully saturated rings.